The van der Waals surface area contributed by atoms with Gasteiger partial charge in [-0.3, -0.25) is 4.79 Å². The highest BCUT2D eigenvalue weighted by molar-refractivity contribution is 7.89. The molecule has 0 bridgehead atoms. The van der Waals surface area contributed by atoms with Crippen molar-refractivity contribution in [2.24, 2.45) is 11.8 Å². The first-order chi connectivity index (χ1) is 13.3. The highest BCUT2D eigenvalue weighted by Gasteiger charge is 2.36. The Morgan fingerprint density at radius 2 is 1.79 bits per heavy atom. The minimum atomic E-state index is -4.16. The second-order valence-electron chi connectivity index (χ2n) is 7.55. The second kappa shape index (κ2) is 8.86. The van der Waals surface area contributed by atoms with E-state index < -0.39 is 26.8 Å². The van der Waals surface area contributed by atoms with Gasteiger partial charge >= 0.3 is 0 Å². The number of halogens is 1. The Kier molecular flexibility index (Phi) is 6.69. The molecule has 0 spiro atoms. The molecule has 2 heterocycles. The lowest BCUT2D eigenvalue weighted by atomic mass is 9.94. The molecule has 0 saturated carbocycles. The topological polar surface area (TPSA) is 84.9 Å². The van der Waals surface area contributed by atoms with E-state index in [-0.39, 0.29) is 24.0 Å². The molecule has 0 aliphatic carbocycles. The number of sulfonamides is 1. The number of carbonyl (C=O) groups excluding carboxylic acids is 1. The third kappa shape index (κ3) is 4.71. The average Bonchev–Trinajstić information content (AvgIpc) is 3.20. The van der Waals surface area contributed by atoms with Gasteiger partial charge in [-0.1, -0.05) is 26.0 Å². The maximum Gasteiger partial charge on any atom is 0.244 e. The fourth-order valence-electron chi connectivity index (χ4n) is 3.60. The van der Waals surface area contributed by atoms with Gasteiger partial charge in [-0.05, 0) is 30.9 Å². The molecule has 2 aliphatic rings. The van der Waals surface area contributed by atoms with E-state index in [4.69, 9.17) is 9.47 Å². The van der Waals surface area contributed by atoms with E-state index in [1.165, 1.54) is 18.2 Å². The minimum Gasteiger partial charge on any atom is -0.350 e. The largest absolute Gasteiger partial charge is 0.350 e. The van der Waals surface area contributed by atoms with Crippen LogP contribution in [0.3, 0.4) is 0 Å². The molecule has 1 N–H and O–H groups in total. The lowest BCUT2D eigenvalue weighted by Gasteiger charge is -2.36. The Labute approximate surface area is 165 Å². The molecule has 156 valence electrons. The summed E-state index contributed by atoms with van der Waals surface area (Å²) in [5.74, 6) is -1.18. The molecule has 28 heavy (non-hydrogen) atoms. The summed E-state index contributed by atoms with van der Waals surface area (Å²) in [6.45, 7) is 5.74. The van der Waals surface area contributed by atoms with E-state index in [1.807, 2.05) is 0 Å². The van der Waals surface area contributed by atoms with Crippen molar-refractivity contribution in [3.8, 4) is 0 Å². The fourth-order valence-corrected chi connectivity index (χ4v) is 5.02. The molecular weight excluding hydrogens is 387 g/mol. The number of carbonyl (C=O) groups is 1. The third-order valence-corrected chi connectivity index (χ3v) is 6.70. The first-order valence-corrected chi connectivity index (χ1v) is 11.1. The molecule has 0 unspecified atom stereocenters. The van der Waals surface area contributed by atoms with Gasteiger partial charge in [-0.25, -0.2) is 12.8 Å². The van der Waals surface area contributed by atoms with Crippen LogP contribution in [-0.4, -0.2) is 57.9 Å². The van der Waals surface area contributed by atoms with Crippen molar-refractivity contribution in [2.75, 3.05) is 26.3 Å². The molecular formula is C19H27FN2O5S. The first kappa shape index (κ1) is 21.2. The number of amides is 1. The average molecular weight is 414 g/mol. The van der Waals surface area contributed by atoms with Crippen LogP contribution in [0.15, 0.2) is 29.2 Å². The van der Waals surface area contributed by atoms with Crippen molar-refractivity contribution < 1.29 is 27.1 Å². The maximum atomic E-state index is 13.9. The van der Waals surface area contributed by atoms with Crippen LogP contribution in [0, 0.1) is 17.7 Å². The van der Waals surface area contributed by atoms with Gasteiger partial charge in [-0.15, -0.1) is 0 Å². The molecule has 0 aromatic heterocycles. The van der Waals surface area contributed by atoms with Crippen LogP contribution in [-0.2, 0) is 24.3 Å². The number of hydrogen-bond acceptors (Lipinski definition) is 5. The first-order valence-electron chi connectivity index (χ1n) is 9.58. The third-order valence-electron chi connectivity index (χ3n) is 5.22. The molecule has 9 heteroatoms. The standard InChI is InChI=1S/C19H27FN2O5S/c1-13(2)17(21-28(24,25)16-6-4-3-5-15(16)20)18(23)22-9-7-14(8-10-22)19-26-11-12-27-19/h3-6,13-14,17,19,21H,7-12H2,1-2H3/t17-/m0/s1. The zero-order valence-electron chi connectivity index (χ0n) is 16.1. The molecule has 1 amide bonds. The van der Waals surface area contributed by atoms with Gasteiger partial charge in [0.25, 0.3) is 0 Å². The second-order valence-corrected chi connectivity index (χ2v) is 9.23. The molecule has 2 aliphatic heterocycles. The lowest BCUT2D eigenvalue weighted by molar-refractivity contribution is -0.139. The van der Waals surface area contributed by atoms with Crippen LogP contribution in [0.25, 0.3) is 0 Å². The summed E-state index contributed by atoms with van der Waals surface area (Å²) in [5.41, 5.74) is 0. The van der Waals surface area contributed by atoms with Gasteiger partial charge in [0.15, 0.2) is 6.29 Å². The monoisotopic (exact) mass is 414 g/mol. The van der Waals surface area contributed by atoms with Crippen LogP contribution in [0.4, 0.5) is 4.39 Å². The SMILES string of the molecule is CC(C)[C@H](NS(=O)(=O)c1ccccc1F)C(=O)N1CCC(C2OCCO2)CC1. The summed E-state index contributed by atoms with van der Waals surface area (Å²) < 4.78 is 52.7. The summed E-state index contributed by atoms with van der Waals surface area (Å²) in [6.07, 6.45) is 1.26. The lowest BCUT2D eigenvalue weighted by Crippen LogP contribution is -2.53. The predicted octanol–water partition coefficient (Wildman–Crippen LogP) is 1.74. The highest BCUT2D eigenvalue weighted by atomic mass is 32.2. The number of benzene rings is 1. The number of ether oxygens (including phenoxy) is 2. The molecule has 2 fully saturated rings. The maximum absolute atomic E-state index is 13.9. The summed E-state index contributed by atoms with van der Waals surface area (Å²) in [4.78, 5) is 14.2. The van der Waals surface area contributed by atoms with Crippen LogP contribution >= 0.6 is 0 Å². The van der Waals surface area contributed by atoms with Gasteiger partial charge < -0.3 is 14.4 Å². The summed E-state index contributed by atoms with van der Waals surface area (Å²) >= 11 is 0. The Morgan fingerprint density at radius 3 is 2.36 bits per heavy atom. The van der Waals surface area contributed by atoms with E-state index in [2.05, 4.69) is 4.72 Å². The Morgan fingerprint density at radius 1 is 1.18 bits per heavy atom. The van der Waals surface area contributed by atoms with Crippen LogP contribution in [0.2, 0.25) is 0 Å². The minimum absolute atomic E-state index is 0.210. The van der Waals surface area contributed by atoms with E-state index in [9.17, 15) is 17.6 Å². The number of nitrogens with zero attached hydrogens (tertiary/aromatic N) is 1. The van der Waals surface area contributed by atoms with Gasteiger partial charge in [0.2, 0.25) is 15.9 Å². The predicted molar refractivity (Wildman–Crippen MR) is 100 cm³/mol. The van der Waals surface area contributed by atoms with Crippen LogP contribution in [0.5, 0.6) is 0 Å². The number of likely N-dealkylation sites (tertiary alicyclic amines) is 1. The van der Waals surface area contributed by atoms with Crippen molar-refractivity contribution >= 4 is 15.9 Å². The Balaban J connectivity index is 1.67. The smallest absolute Gasteiger partial charge is 0.244 e. The van der Waals surface area contributed by atoms with E-state index in [1.54, 1.807) is 18.7 Å². The van der Waals surface area contributed by atoms with E-state index in [0.717, 1.165) is 18.9 Å². The number of piperidine rings is 1. The number of rotatable bonds is 6. The summed E-state index contributed by atoms with van der Waals surface area (Å²) in [7, 11) is -4.16. The molecule has 1 aromatic rings. The van der Waals surface area contributed by atoms with Crippen molar-refractivity contribution in [1.29, 1.82) is 0 Å². The van der Waals surface area contributed by atoms with Gasteiger partial charge in [0.1, 0.15) is 16.8 Å². The van der Waals surface area contributed by atoms with Crippen LogP contribution < -0.4 is 4.72 Å². The highest BCUT2D eigenvalue weighted by Crippen LogP contribution is 2.26. The molecule has 7 nitrogen and oxygen atoms in total. The molecule has 3 rings (SSSR count). The molecule has 0 radical (unpaired) electrons. The van der Waals surface area contributed by atoms with Crippen molar-refractivity contribution in [3.05, 3.63) is 30.1 Å². The van der Waals surface area contributed by atoms with Gasteiger partial charge in [-0.2, -0.15) is 4.72 Å². The number of nitrogens with one attached hydrogen (secondary N) is 1. The molecule has 2 saturated heterocycles. The normalized spacial score (nSPS) is 20.6. The zero-order valence-corrected chi connectivity index (χ0v) is 17.0. The molecule has 1 atom stereocenters. The molecule has 1 aromatic carbocycles. The van der Waals surface area contributed by atoms with Crippen LogP contribution in [0.1, 0.15) is 26.7 Å². The van der Waals surface area contributed by atoms with E-state index in [0.29, 0.717) is 26.3 Å². The van der Waals surface area contributed by atoms with Crippen molar-refractivity contribution in [2.45, 2.75) is 43.9 Å². The van der Waals surface area contributed by atoms with Gasteiger partial charge in [0.05, 0.1) is 13.2 Å². The summed E-state index contributed by atoms with van der Waals surface area (Å²) in [6, 6.07) is 4.18. The summed E-state index contributed by atoms with van der Waals surface area (Å²) in [5, 5.41) is 0. The number of hydrogen-bond donors (Lipinski definition) is 1. The quantitative estimate of drug-likeness (QED) is 0.767. The van der Waals surface area contributed by atoms with E-state index >= 15 is 0 Å². The van der Waals surface area contributed by atoms with Crippen molar-refractivity contribution in [1.82, 2.24) is 9.62 Å². The van der Waals surface area contributed by atoms with Gasteiger partial charge in [0, 0.05) is 19.0 Å². The fraction of sp³-hybridized carbons (Fsp3) is 0.632. The van der Waals surface area contributed by atoms with Crippen molar-refractivity contribution in [3.63, 3.8) is 0 Å². The zero-order chi connectivity index (χ0) is 20.3. The Bertz CT molecular complexity index is 787. The Hall–Kier alpha value is -1.55.